The maximum absolute atomic E-state index is 13.8. The van der Waals surface area contributed by atoms with Gasteiger partial charge in [-0.25, -0.2) is 9.79 Å². The van der Waals surface area contributed by atoms with Gasteiger partial charge in [-0.15, -0.1) is 17.8 Å². The lowest BCUT2D eigenvalue weighted by Gasteiger charge is -2.24. The molecule has 0 N–H and O–H groups in total. The number of halogens is 1. The van der Waals surface area contributed by atoms with E-state index in [-0.39, 0.29) is 18.8 Å². The van der Waals surface area contributed by atoms with Crippen LogP contribution in [0.2, 0.25) is 0 Å². The van der Waals surface area contributed by atoms with E-state index in [0.717, 1.165) is 20.5 Å². The highest BCUT2D eigenvalue weighted by Crippen LogP contribution is 2.36. The molecular weight excluding hydrogens is 584 g/mol. The summed E-state index contributed by atoms with van der Waals surface area (Å²) in [6.45, 7) is 2.13. The Morgan fingerprint density at radius 1 is 1.21 bits per heavy atom. The smallest absolute Gasteiger partial charge is 0.338 e. The normalized spacial score (nSPS) is 15.0. The Labute approximate surface area is 235 Å². The summed E-state index contributed by atoms with van der Waals surface area (Å²) in [4.78, 5) is 33.4. The number of thiophene rings is 1. The van der Waals surface area contributed by atoms with E-state index in [1.807, 2.05) is 60.0 Å². The molecule has 0 radical (unpaired) electrons. The second kappa shape index (κ2) is 11.4. The molecule has 6 nitrogen and oxygen atoms in total. The van der Waals surface area contributed by atoms with Crippen molar-refractivity contribution in [2.75, 3.05) is 13.2 Å². The van der Waals surface area contributed by atoms with Crippen molar-refractivity contribution in [1.82, 2.24) is 4.57 Å². The zero-order chi connectivity index (χ0) is 26.6. The number of thiazole rings is 1. The van der Waals surface area contributed by atoms with Crippen LogP contribution >= 0.6 is 38.6 Å². The number of carbonyl (C=O) groups is 1. The second-order valence-electron chi connectivity index (χ2n) is 8.13. The van der Waals surface area contributed by atoms with E-state index in [4.69, 9.17) is 20.9 Å². The fraction of sp³-hybridized carbons (Fsp3) is 0.138. The van der Waals surface area contributed by atoms with Crippen LogP contribution in [0.15, 0.2) is 85.9 Å². The van der Waals surface area contributed by atoms with Gasteiger partial charge < -0.3 is 9.47 Å². The largest absolute Gasteiger partial charge is 0.480 e. The summed E-state index contributed by atoms with van der Waals surface area (Å²) in [6.07, 6.45) is 7.10. The standard InChI is InChI=1S/C29H21BrN2O4S2/c1-3-14-36-21-13-12-18(16-20(21)30)17-23-27(33)32-26(22-11-8-15-37-22)24(28(34)35-4-2)25(31-29(32)38-23)19-9-6-5-7-10-19/h1,5-13,15-17,26H,4,14H2,2H3/b23-17-/t26-/m0/s1. The SMILES string of the molecule is C#CCOc1ccc(/C=c2\sc3n(c2=O)[C@@H](c2cccs2)C(C(=O)OCC)=C(c2ccccc2)N=3)cc1Br. The van der Waals surface area contributed by atoms with Crippen LogP contribution in [0, 0.1) is 12.3 Å². The summed E-state index contributed by atoms with van der Waals surface area (Å²) >= 11 is 6.26. The summed E-state index contributed by atoms with van der Waals surface area (Å²) in [5.41, 5.74) is 2.20. The zero-order valence-corrected chi connectivity index (χ0v) is 23.4. The van der Waals surface area contributed by atoms with Crippen LogP contribution in [0.5, 0.6) is 5.75 Å². The van der Waals surface area contributed by atoms with Crippen molar-refractivity contribution >= 4 is 56.3 Å². The maximum atomic E-state index is 13.8. The van der Waals surface area contributed by atoms with Gasteiger partial charge in [0.2, 0.25) is 0 Å². The highest BCUT2D eigenvalue weighted by molar-refractivity contribution is 9.10. The number of carbonyl (C=O) groups excluding carboxylic acids is 1. The van der Waals surface area contributed by atoms with Crippen molar-refractivity contribution in [2.45, 2.75) is 13.0 Å². The Kier molecular flexibility index (Phi) is 7.74. The van der Waals surface area contributed by atoms with E-state index in [2.05, 4.69) is 21.9 Å². The van der Waals surface area contributed by atoms with Crippen molar-refractivity contribution in [3.8, 4) is 18.1 Å². The molecule has 1 atom stereocenters. The first kappa shape index (κ1) is 25.9. The summed E-state index contributed by atoms with van der Waals surface area (Å²) in [7, 11) is 0. The van der Waals surface area contributed by atoms with Crippen molar-refractivity contribution < 1.29 is 14.3 Å². The first-order chi connectivity index (χ1) is 18.5. The third-order valence-electron chi connectivity index (χ3n) is 5.75. The molecule has 0 saturated heterocycles. The minimum absolute atomic E-state index is 0.159. The number of esters is 1. The number of ether oxygens (including phenoxy) is 2. The number of fused-ring (bicyclic) bond motifs is 1. The number of rotatable bonds is 7. The molecule has 4 aromatic rings. The first-order valence-electron chi connectivity index (χ1n) is 11.7. The number of benzene rings is 2. The van der Waals surface area contributed by atoms with E-state index >= 15 is 0 Å². The van der Waals surface area contributed by atoms with Crippen LogP contribution in [0.4, 0.5) is 0 Å². The third-order valence-corrected chi connectivity index (χ3v) is 8.28. The summed E-state index contributed by atoms with van der Waals surface area (Å²) in [5.74, 6) is 2.57. The lowest BCUT2D eigenvalue weighted by atomic mass is 9.97. The molecule has 38 heavy (non-hydrogen) atoms. The van der Waals surface area contributed by atoms with Gasteiger partial charge in [0, 0.05) is 10.4 Å². The molecule has 0 unspecified atom stereocenters. The highest BCUT2D eigenvalue weighted by atomic mass is 79.9. The molecule has 190 valence electrons. The lowest BCUT2D eigenvalue weighted by molar-refractivity contribution is -0.138. The number of nitrogens with zero attached hydrogens (tertiary/aromatic N) is 2. The van der Waals surface area contributed by atoms with Gasteiger partial charge in [-0.3, -0.25) is 9.36 Å². The maximum Gasteiger partial charge on any atom is 0.338 e. The van der Waals surface area contributed by atoms with Gasteiger partial charge in [0.25, 0.3) is 5.56 Å². The van der Waals surface area contributed by atoms with Crippen LogP contribution in [0.3, 0.4) is 0 Å². The topological polar surface area (TPSA) is 69.9 Å². The Balaban J connectivity index is 1.72. The van der Waals surface area contributed by atoms with E-state index in [1.54, 1.807) is 23.6 Å². The fourth-order valence-corrected chi connectivity index (χ4v) is 6.49. The Hall–Kier alpha value is -3.71. The summed E-state index contributed by atoms with van der Waals surface area (Å²) < 4.78 is 13.8. The molecule has 0 bridgehead atoms. The van der Waals surface area contributed by atoms with Gasteiger partial charge in [-0.1, -0.05) is 59.7 Å². The van der Waals surface area contributed by atoms with E-state index in [1.165, 1.54) is 22.7 Å². The molecule has 9 heteroatoms. The predicted molar refractivity (Wildman–Crippen MR) is 154 cm³/mol. The van der Waals surface area contributed by atoms with E-state index in [0.29, 0.717) is 26.4 Å². The fourth-order valence-electron chi connectivity index (χ4n) is 4.15. The average Bonchev–Trinajstić information content (AvgIpc) is 3.56. The van der Waals surface area contributed by atoms with Gasteiger partial charge in [0.15, 0.2) is 4.80 Å². The molecule has 0 saturated carbocycles. The van der Waals surface area contributed by atoms with E-state index in [9.17, 15) is 9.59 Å². The number of hydrogen-bond donors (Lipinski definition) is 0. The molecule has 0 spiro atoms. The molecule has 0 amide bonds. The predicted octanol–water partition coefficient (Wildman–Crippen LogP) is 4.77. The highest BCUT2D eigenvalue weighted by Gasteiger charge is 2.35. The zero-order valence-electron chi connectivity index (χ0n) is 20.2. The van der Waals surface area contributed by atoms with Crippen molar-refractivity contribution in [3.63, 3.8) is 0 Å². The van der Waals surface area contributed by atoms with Gasteiger partial charge in [0.1, 0.15) is 18.4 Å². The number of terminal acetylenes is 1. The molecule has 2 aromatic heterocycles. The second-order valence-corrected chi connectivity index (χ2v) is 11.0. The number of hydrogen-bond acceptors (Lipinski definition) is 7. The van der Waals surface area contributed by atoms with Gasteiger partial charge in [0.05, 0.1) is 26.9 Å². The van der Waals surface area contributed by atoms with Crippen LogP contribution in [0.1, 0.15) is 29.0 Å². The monoisotopic (exact) mass is 604 g/mol. The molecule has 0 fully saturated rings. The average molecular weight is 606 g/mol. The molecule has 5 rings (SSSR count). The molecule has 0 aliphatic carbocycles. The number of aromatic nitrogens is 1. The first-order valence-corrected chi connectivity index (χ1v) is 14.2. The summed E-state index contributed by atoms with van der Waals surface area (Å²) in [5, 5.41) is 1.93. The molecule has 1 aliphatic rings. The van der Waals surface area contributed by atoms with Crippen LogP contribution < -0.4 is 19.6 Å². The van der Waals surface area contributed by atoms with Crippen molar-refractivity contribution in [2.24, 2.45) is 4.99 Å². The van der Waals surface area contributed by atoms with Gasteiger partial charge in [-0.2, -0.15) is 0 Å². The Morgan fingerprint density at radius 2 is 2.03 bits per heavy atom. The minimum atomic E-state index is -0.658. The Bertz CT molecular complexity index is 1750. The molecular formula is C29H21BrN2O4S2. The van der Waals surface area contributed by atoms with Gasteiger partial charge >= 0.3 is 5.97 Å². The van der Waals surface area contributed by atoms with Crippen LogP contribution in [0.25, 0.3) is 11.8 Å². The van der Waals surface area contributed by atoms with Crippen LogP contribution in [-0.4, -0.2) is 23.8 Å². The van der Waals surface area contributed by atoms with Gasteiger partial charge in [-0.05, 0) is 58.1 Å². The van der Waals surface area contributed by atoms with E-state index < -0.39 is 12.0 Å². The Morgan fingerprint density at radius 3 is 2.71 bits per heavy atom. The van der Waals surface area contributed by atoms with Crippen molar-refractivity contribution in [3.05, 3.63) is 112 Å². The quantitative estimate of drug-likeness (QED) is 0.225. The third kappa shape index (κ3) is 5.03. The molecule has 3 heterocycles. The van der Waals surface area contributed by atoms with Crippen LogP contribution in [-0.2, 0) is 9.53 Å². The molecule has 1 aliphatic heterocycles. The molecule has 2 aromatic carbocycles. The summed E-state index contributed by atoms with van der Waals surface area (Å²) in [6, 6.07) is 18.2. The van der Waals surface area contributed by atoms with Crippen molar-refractivity contribution in [1.29, 1.82) is 0 Å². The lowest BCUT2D eigenvalue weighted by Crippen LogP contribution is -2.39. The minimum Gasteiger partial charge on any atom is -0.480 e.